The number of hydrogen-bond donors (Lipinski definition) is 2. The van der Waals surface area contributed by atoms with Crippen molar-refractivity contribution in [2.24, 2.45) is 0 Å². The summed E-state index contributed by atoms with van der Waals surface area (Å²) in [6.45, 7) is 1.46. The van der Waals surface area contributed by atoms with Crippen molar-refractivity contribution in [3.63, 3.8) is 0 Å². The summed E-state index contributed by atoms with van der Waals surface area (Å²) in [6.07, 6.45) is 1.20. The highest BCUT2D eigenvalue weighted by atomic mass is 19.1. The lowest BCUT2D eigenvalue weighted by Gasteiger charge is -2.07. The zero-order valence-corrected chi connectivity index (χ0v) is 10.6. The molecule has 0 atom stereocenters. The van der Waals surface area contributed by atoms with E-state index in [4.69, 9.17) is 5.11 Å². The SMILES string of the molecule is Cc1c(C(=O)O)cnn1CC(=O)Nc1ccc(F)cc1. The first-order valence-corrected chi connectivity index (χ1v) is 5.78. The maximum Gasteiger partial charge on any atom is 0.339 e. The van der Waals surface area contributed by atoms with Crippen LogP contribution in [-0.2, 0) is 11.3 Å². The number of aromatic carboxylic acids is 1. The summed E-state index contributed by atoms with van der Waals surface area (Å²) < 4.78 is 14.0. The molecular formula is C13H12FN3O3. The topological polar surface area (TPSA) is 84.2 Å². The average molecular weight is 277 g/mol. The summed E-state index contributed by atoms with van der Waals surface area (Å²) in [4.78, 5) is 22.6. The molecule has 2 N–H and O–H groups in total. The fourth-order valence-corrected chi connectivity index (χ4v) is 1.69. The van der Waals surface area contributed by atoms with E-state index in [1.165, 1.54) is 35.1 Å². The van der Waals surface area contributed by atoms with Gasteiger partial charge in [0, 0.05) is 5.69 Å². The second kappa shape index (κ2) is 5.52. The molecule has 0 fully saturated rings. The molecule has 0 aliphatic carbocycles. The average Bonchev–Trinajstić information content (AvgIpc) is 2.74. The largest absolute Gasteiger partial charge is 0.478 e. The van der Waals surface area contributed by atoms with Crippen molar-refractivity contribution in [2.75, 3.05) is 5.32 Å². The van der Waals surface area contributed by atoms with Crippen molar-refractivity contribution in [1.29, 1.82) is 0 Å². The first-order chi connectivity index (χ1) is 9.47. The molecule has 2 rings (SSSR count). The fraction of sp³-hybridized carbons (Fsp3) is 0.154. The number of carboxylic acids is 1. The van der Waals surface area contributed by atoms with Gasteiger partial charge in [-0.3, -0.25) is 9.48 Å². The molecule has 1 aromatic carbocycles. The van der Waals surface area contributed by atoms with Gasteiger partial charge in [-0.15, -0.1) is 0 Å². The molecule has 104 valence electrons. The van der Waals surface area contributed by atoms with Gasteiger partial charge in [0.1, 0.15) is 17.9 Å². The molecule has 0 spiro atoms. The standard InChI is InChI=1S/C13H12FN3O3/c1-8-11(13(19)20)6-15-17(8)7-12(18)16-10-4-2-9(14)3-5-10/h2-6H,7H2,1H3,(H,16,18)(H,19,20). The monoisotopic (exact) mass is 277 g/mol. The van der Waals surface area contributed by atoms with Crippen molar-refractivity contribution in [1.82, 2.24) is 9.78 Å². The molecule has 1 amide bonds. The molecule has 1 heterocycles. The Bertz CT molecular complexity index is 649. The number of hydrogen-bond acceptors (Lipinski definition) is 3. The van der Waals surface area contributed by atoms with Crippen LogP contribution in [0, 0.1) is 12.7 Å². The van der Waals surface area contributed by atoms with Crippen LogP contribution < -0.4 is 5.32 Å². The lowest BCUT2D eigenvalue weighted by atomic mass is 10.2. The van der Waals surface area contributed by atoms with Crippen molar-refractivity contribution in [2.45, 2.75) is 13.5 Å². The van der Waals surface area contributed by atoms with Crippen LogP contribution in [-0.4, -0.2) is 26.8 Å². The fourth-order valence-electron chi connectivity index (χ4n) is 1.69. The van der Waals surface area contributed by atoms with Crippen LogP contribution in [0.3, 0.4) is 0 Å². The number of amides is 1. The van der Waals surface area contributed by atoms with Crippen molar-refractivity contribution in [3.8, 4) is 0 Å². The predicted octanol–water partition coefficient (Wildman–Crippen LogP) is 1.67. The number of anilines is 1. The number of carbonyl (C=O) groups excluding carboxylic acids is 1. The molecule has 0 radical (unpaired) electrons. The molecule has 0 aliphatic rings. The van der Waals surface area contributed by atoms with E-state index in [0.717, 1.165) is 0 Å². The minimum absolute atomic E-state index is 0.0552. The highest BCUT2D eigenvalue weighted by Crippen LogP contribution is 2.10. The molecule has 6 nitrogen and oxygen atoms in total. The van der Waals surface area contributed by atoms with Gasteiger partial charge in [0.15, 0.2) is 0 Å². The number of carboxylic acid groups (broad SMARTS) is 1. The van der Waals surface area contributed by atoms with E-state index in [-0.39, 0.29) is 18.0 Å². The van der Waals surface area contributed by atoms with Crippen molar-refractivity contribution >= 4 is 17.6 Å². The third-order valence-corrected chi connectivity index (χ3v) is 2.75. The van der Waals surface area contributed by atoms with E-state index >= 15 is 0 Å². The van der Waals surface area contributed by atoms with E-state index < -0.39 is 11.8 Å². The summed E-state index contributed by atoms with van der Waals surface area (Å²) in [5, 5.41) is 15.3. The van der Waals surface area contributed by atoms with Crippen molar-refractivity contribution < 1.29 is 19.1 Å². The molecule has 20 heavy (non-hydrogen) atoms. The number of carbonyl (C=O) groups is 2. The molecule has 0 unspecified atom stereocenters. The Morgan fingerprint density at radius 2 is 2.00 bits per heavy atom. The zero-order valence-electron chi connectivity index (χ0n) is 10.6. The Morgan fingerprint density at radius 1 is 1.35 bits per heavy atom. The Hall–Kier alpha value is -2.70. The van der Waals surface area contributed by atoms with E-state index in [1.807, 2.05) is 0 Å². The van der Waals surface area contributed by atoms with Gasteiger partial charge in [0.25, 0.3) is 0 Å². The highest BCUT2D eigenvalue weighted by molar-refractivity contribution is 5.91. The molecule has 0 saturated carbocycles. The number of rotatable bonds is 4. The number of aromatic nitrogens is 2. The zero-order chi connectivity index (χ0) is 14.7. The predicted molar refractivity (Wildman–Crippen MR) is 69.0 cm³/mol. The molecule has 1 aromatic heterocycles. The van der Waals surface area contributed by atoms with Crippen LogP contribution in [0.5, 0.6) is 0 Å². The maximum atomic E-state index is 12.7. The molecule has 0 bridgehead atoms. The molecule has 0 aliphatic heterocycles. The summed E-state index contributed by atoms with van der Waals surface area (Å²) in [7, 11) is 0. The van der Waals surface area contributed by atoms with Crippen LogP contribution in [0.4, 0.5) is 10.1 Å². The minimum Gasteiger partial charge on any atom is -0.478 e. The van der Waals surface area contributed by atoms with Crippen LogP contribution in [0.15, 0.2) is 30.5 Å². The molecular weight excluding hydrogens is 265 g/mol. The number of nitrogens with one attached hydrogen (secondary N) is 1. The van der Waals surface area contributed by atoms with E-state index in [0.29, 0.717) is 11.4 Å². The minimum atomic E-state index is -1.09. The van der Waals surface area contributed by atoms with Gasteiger partial charge in [-0.2, -0.15) is 5.10 Å². The Balaban J connectivity index is 2.05. The summed E-state index contributed by atoms with van der Waals surface area (Å²) in [6, 6.07) is 5.34. The molecule has 0 saturated heterocycles. The Labute approximate surface area is 113 Å². The third kappa shape index (κ3) is 3.00. The maximum absolute atomic E-state index is 12.7. The van der Waals surface area contributed by atoms with Gasteiger partial charge in [0.2, 0.25) is 5.91 Å². The van der Waals surface area contributed by atoms with Crippen LogP contribution in [0.2, 0.25) is 0 Å². The summed E-state index contributed by atoms with van der Waals surface area (Å²) in [5.41, 5.74) is 0.908. The van der Waals surface area contributed by atoms with Crippen LogP contribution in [0.1, 0.15) is 16.1 Å². The molecule has 2 aromatic rings. The van der Waals surface area contributed by atoms with Gasteiger partial charge in [0.05, 0.1) is 11.9 Å². The van der Waals surface area contributed by atoms with Crippen LogP contribution in [0.25, 0.3) is 0 Å². The lowest BCUT2D eigenvalue weighted by Crippen LogP contribution is -2.20. The van der Waals surface area contributed by atoms with Gasteiger partial charge in [-0.05, 0) is 31.2 Å². The lowest BCUT2D eigenvalue weighted by molar-refractivity contribution is -0.116. The molecule has 7 heteroatoms. The summed E-state index contributed by atoms with van der Waals surface area (Å²) in [5.74, 6) is -1.86. The highest BCUT2D eigenvalue weighted by Gasteiger charge is 2.14. The van der Waals surface area contributed by atoms with Gasteiger partial charge in [-0.1, -0.05) is 0 Å². The third-order valence-electron chi connectivity index (χ3n) is 2.75. The normalized spacial score (nSPS) is 10.3. The first-order valence-electron chi connectivity index (χ1n) is 5.78. The number of nitrogens with zero attached hydrogens (tertiary/aromatic N) is 2. The second-order valence-corrected chi connectivity index (χ2v) is 4.16. The first kappa shape index (κ1) is 13.7. The van der Waals surface area contributed by atoms with E-state index in [1.54, 1.807) is 6.92 Å². The van der Waals surface area contributed by atoms with Crippen LogP contribution >= 0.6 is 0 Å². The Kier molecular flexibility index (Phi) is 3.79. The van der Waals surface area contributed by atoms with E-state index in [2.05, 4.69) is 10.4 Å². The number of benzene rings is 1. The second-order valence-electron chi connectivity index (χ2n) is 4.16. The van der Waals surface area contributed by atoms with E-state index in [9.17, 15) is 14.0 Å². The Morgan fingerprint density at radius 3 is 2.55 bits per heavy atom. The summed E-state index contributed by atoms with van der Waals surface area (Å²) >= 11 is 0. The quantitative estimate of drug-likeness (QED) is 0.890. The van der Waals surface area contributed by atoms with Gasteiger partial charge in [-0.25, -0.2) is 9.18 Å². The smallest absolute Gasteiger partial charge is 0.339 e. The number of halogens is 1. The van der Waals surface area contributed by atoms with Crippen molar-refractivity contribution in [3.05, 3.63) is 47.5 Å². The van der Waals surface area contributed by atoms with Gasteiger partial charge < -0.3 is 10.4 Å². The van der Waals surface area contributed by atoms with Gasteiger partial charge >= 0.3 is 5.97 Å².